The Bertz CT molecular complexity index is 1130. The van der Waals surface area contributed by atoms with E-state index in [1.54, 1.807) is 22.8 Å². The molecule has 1 amide bonds. The summed E-state index contributed by atoms with van der Waals surface area (Å²) in [6, 6.07) is 8.48. The molecule has 4 heterocycles. The molecule has 3 aromatic heterocycles. The first-order valence-electron chi connectivity index (χ1n) is 10.1. The van der Waals surface area contributed by atoms with Crippen LogP contribution in [0.3, 0.4) is 0 Å². The Labute approximate surface area is 175 Å². The number of aryl methyl sites for hydroxylation is 1. The second-order valence-electron chi connectivity index (χ2n) is 8.68. The van der Waals surface area contributed by atoms with E-state index in [2.05, 4.69) is 40.8 Å². The first-order chi connectivity index (χ1) is 14.2. The molecule has 30 heavy (non-hydrogen) atoms. The molecule has 3 aromatic rings. The van der Waals surface area contributed by atoms with Crippen molar-refractivity contribution >= 4 is 5.91 Å². The summed E-state index contributed by atoms with van der Waals surface area (Å²) < 4.78 is 1.64. The van der Waals surface area contributed by atoms with E-state index in [-0.39, 0.29) is 22.9 Å². The maximum absolute atomic E-state index is 13.4. The Balaban J connectivity index is 1.68. The molecule has 8 heteroatoms. The number of carbonyl (C=O) groups excluding carboxylic acids is 1. The van der Waals surface area contributed by atoms with Crippen LogP contribution in [0.1, 0.15) is 61.7 Å². The molecular weight excluding hydrogens is 380 g/mol. The van der Waals surface area contributed by atoms with Crippen molar-refractivity contribution in [2.24, 2.45) is 7.05 Å². The van der Waals surface area contributed by atoms with E-state index in [0.717, 1.165) is 18.5 Å². The normalized spacial score (nSPS) is 16.8. The van der Waals surface area contributed by atoms with E-state index in [9.17, 15) is 9.59 Å². The quantitative estimate of drug-likeness (QED) is 0.721. The zero-order valence-corrected chi connectivity index (χ0v) is 17.7. The van der Waals surface area contributed by atoms with Crippen LogP contribution >= 0.6 is 0 Å². The molecule has 1 fully saturated rings. The minimum absolute atomic E-state index is 0.103. The summed E-state index contributed by atoms with van der Waals surface area (Å²) in [4.78, 5) is 39.2. The van der Waals surface area contributed by atoms with E-state index in [1.807, 2.05) is 24.3 Å². The van der Waals surface area contributed by atoms with Crippen LogP contribution in [-0.2, 0) is 12.5 Å². The van der Waals surface area contributed by atoms with Gasteiger partial charge in [-0.2, -0.15) is 5.10 Å². The molecule has 0 radical (unpaired) electrons. The Kier molecular flexibility index (Phi) is 5.01. The van der Waals surface area contributed by atoms with E-state index < -0.39 is 0 Å². The predicted molar refractivity (Wildman–Crippen MR) is 113 cm³/mol. The number of rotatable bonds is 3. The van der Waals surface area contributed by atoms with Crippen LogP contribution in [0.2, 0.25) is 0 Å². The number of likely N-dealkylation sites (tertiary alicyclic amines) is 1. The predicted octanol–water partition coefficient (Wildman–Crippen LogP) is 2.84. The van der Waals surface area contributed by atoms with Crippen LogP contribution < -0.4 is 5.56 Å². The van der Waals surface area contributed by atoms with Gasteiger partial charge in [-0.1, -0.05) is 26.8 Å². The average molecular weight is 406 g/mol. The maximum Gasteiger partial charge on any atom is 0.272 e. The molecule has 1 N–H and O–H groups in total. The van der Waals surface area contributed by atoms with Gasteiger partial charge >= 0.3 is 0 Å². The van der Waals surface area contributed by atoms with E-state index in [1.165, 1.54) is 6.07 Å². The fourth-order valence-corrected chi connectivity index (χ4v) is 3.75. The fraction of sp³-hybridized carbons (Fsp3) is 0.409. The lowest BCUT2D eigenvalue weighted by Crippen LogP contribution is -2.33. The first-order valence-corrected chi connectivity index (χ1v) is 10.1. The minimum atomic E-state index is -0.290. The monoisotopic (exact) mass is 406 g/mol. The van der Waals surface area contributed by atoms with Crippen LogP contribution in [0, 0.1) is 0 Å². The smallest absolute Gasteiger partial charge is 0.272 e. The molecule has 1 aliphatic heterocycles. The highest BCUT2D eigenvalue weighted by Crippen LogP contribution is 2.32. The van der Waals surface area contributed by atoms with Crippen molar-refractivity contribution in [3.63, 3.8) is 0 Å². The summed E-state index contributed by atoms with van der Waals surface area (Å²) >= 11 is 0. The summed E-state index contributed by atoms with van der Waals surface area (Å²) in [5, 5.41) is 4.53. The lowest BCUT2D eigenvalue weighted by Gasteiger charge is -2.24. The molecule has 0 aromatic carbocycles. The van der Waals surface area contributed by atoms with Crippen LogP contribution in [0.15, 0.2) is 41.3 Å². The van der Waals surface area contributed by atoms with Gasteiger partial charge in [-0.15, -0.1) is 0 Å². The Morgan fingerprint density at radius 2 is 2.00 bits per heavy atom. The maximum atomic E-state index is 13.4. The average Bonchev–Trinajstić information content (AvgIpc) is 3.34. The molecule has 0 aliphatic carbocycles. The molecule has 4 rings (SSSR count). The number of amides is 1. The van der Waals surface area contributed by atoms with Crippen molar-refractivity contribution in [1.82, 2.24) is 29.6 Å². The van der Waals surface area contributed by atoms with E-state index in [0.29, 0.717) is 29.5 Å². The third kappa shape index (κ3) is 3.77. The van der Waals surface area contributed by atoms with Gasteiger partial charge in [-0.25, -0.2) is 4.98 Å². The van der Waals surface area contributed by atoms with Gasteiger partial charge in [0, 0.05) is 31.3 Å². The summed E-state index contributed by atoms with van der Waals surface area (Å²) in [5.74, 6) is 0.390. The first kappa shape index (κ1) is 20.0. The Morgan fingerprint density at radius 3 is 2.67 bits per heavy atom. The van der Waals surface area contributed by atoms with Crippen molar-refractivity contribution in [3.8, 4) is 11.4 Å². The molecule has 0 bridgehead atoms. The standard InChI is InChI=1S/C22H26N6O2/c1-22(2,3)18-13-17(27(4)26-18)21(30)28-11-7-9-16(28)20-24-15(12-19(29)25-20)14-8-5-6-10-23-14/h5-6,8,10,12-13,16H,7,9,11H2,1-4H3,(H,24,25,29)/t16-/m1/s1. The largest absolute Gasteiger partial charge is 0.327 e. The molecule has 1 atom stereocenters. The van der Waals surface area contributed by atoms with Crippen LogP contribution in [-0.4, -0.2) is 42.1 Å². The van der Waals surface area contributed by atoms with Gasteiger partial charge < -0.3 is 9.88 Å². The number of nitrogens with zero attached hydrogens (tertiary/aromatic N) is 5. The van der Waals surface area contributed by atoms with Gasteiger partial charge in [0.1, 0.15) is 11.5 Å². The third-order valence-electron chi connectivity index (χ3n) is 5.38. The molecule has 0 saturated carbocycles. The van der Waals surface area contributed by atoms with Crippen molar-refractivity contribution in [2.45, 2.75) is 45.1 Å². The summed E-state index contributed by atoms with van der Waals surface area (Å²) in [6.07, 6.45) is 3.25. The zero-order valence-electron chi connectivity index (χ0n) is 17.7. The van der Waals surface area contributed by atoms with Crippen molar-refractivity contribution in [3.05, 3.63) is 64.1 Å². The Morgan fingerprint density at radius 1 is 1.20 bits per heavy atom. The third-order valence-corrected chi connectivity index (χ3v) is 5.38. The Hall–Kier alpha value is -3.29. The molecule has 156 valence electrons. The number of aromatic amines is 1. The number of aromatic nitrogens is 5. The van der Waals surface area contributed by atoms with E-state index in [4.69, 9.17) is 0 Å². The van der Waals surface area contributed by atoms with Gasteiger partial charge in [0.05, 0.1) is 23.1 Å². The van der Waals surface area contributed by atoms with Crippen LogP contribution in [0.25, 0.3) is 11.4 Å². The fourth-order valence-electron chi connectivity index (χ4n) is 3.75. The van der Waals surface area contributed by atoms with Gasteiger partial charge in [-0.3, -0.25) is 19.3 Å². The number of hydrogen-bond donors (Lipinski definition) is 1. The topological polar surface area (TPSA) is 96.8 Å². The van der Waals surface area contributed by atoms with Gasteiger partial charge in [0.2, 0.25) is 0 Å². The van der Waals surface area contributed by atoms with Crippen molar-refractivity contribution in [1.29, 1.82) is 0 Å². The highest BCUT2D eigenvalue weighted by atomic mass is 16.2. The molecule has 0 spiro atoms. The second-order valence-corrected chi connectivity index (χ2v) is 8.68. The highest BCUT2D eigenvalue weighted by Gasteiger charge is 2.34. The summed E-state index contributed by atoms with van der Waals surface area (Å²) in [7, 11) is 1.79. The molecule has 8 nitrogen and oxygen atoms in total. The second kappa shape index (κ2) is 7.51. The number of pyridine rings is 1. The van der Waals surface area contributed by atoms with Crippen molar-refractivity contribution < 1.29 is 4.79 Å². The van der Waals surface area contributed by atoms with E-state index >= 15 is 0 Å². The SMILES string of the molecule is Cn1nc(C(C)(C)C)cc1C(=O)N1CCC[C@@H]1c1nc(-c2ccccn2)cc(=O)[nH]1. The number of nitrogens with one attached hydrogen (secondary N) is 1. The number of carbonyl (C=O) groups is 1. The molecule has 0 unspecified atom stereocenters. The minimum Gasteiger partial charge on any atom is -0.327 e. The van der Waals surface area contributed by atoms with Gasteiger partial charge in [0.15, 0.2) is 0 Å². The molecule has 1 saturated heterocycles. The van der Waals surface area contributed by atoms with Crippen molar-refractivity contribution in [2.75, 3.05) is 6.54 Å². The molecular formula is C22H26N6O2. The van der Waals surface area contributed by atoms with Crippen LogP contribution in [0.4, 0.5) is 0 Å². The number of hydrogen-bond acceptors (Lipinski definition) is 5. The lowest BCUT2D eigenvalue weighted by atomic mass is 9.92. The summed E-state index contributed by atoms with van der Waals surface area (Å²) in [6.45, 7) is 6.82. The lowest BCUT2D eigenvalue weighted by molar-refractivity contribution is 0.0718. The number of H-pyrrole nitrogens is 1. The van der Waals surface area contributed by atoms with Gasteiger partial charge in [0.25, 0.3) is 11.5 Å². The van der Waals surface area contributed by atoms with Gasteiger partial charge in [-0.05, 0) is 31.0 Å². The molecule has 1 aliphatic rings. The summed E-state index contributed by atoms with van der Waals surface area (Å²) in [5.41, 5.74) is 2.13. The van der Waals surface area contributed by atoms with Crippen LogP contribution in [0.5, 0.6) is 0 Å². The highest BCUT2D eigenvalue weighted by molar-refractivity contribution is 5.93. The zero-order chi connectivity index (χ0) is 21.5.